The van der Waals surface area contributed by atoms with Crippen molar-refractivity contribution in [3.05, 3.63) is 23.8 Å². The highest BCUT2D eigenvalue weighted by molar-refractivity contribution is 5.56. The molecule has 0 radical (unpaired) electrons. The first-order valence-electron chi connectivity index (χ1n) is 5.60. The van der Waals surface area contributed by atoms with Gasteiger partial charge in [-0.3, -0.25) is 0 Å². The summed E-state index contributed by atoms with van der Waals surface area (Å²) in [4.78, 5) is 0. The molecule has 1 atom stereocenters. The van der Waals surface area contributed by atoms with E-state index in [2.05, 4.69) is 5.32 Å². The van der Waals surface area contributed by atoms with Crippen LogP contribution in [0.15, 0.2) is 18.2 Å². The molecular formula is C12H14F3NO2. The summed E-state index contributed by atoms with van der Waals surface area (Å²) in [6.45, 7) is 1.01. The Morgan fingerprint density at radius 2 is 2.17 bits per heavy atom. The normalized spacial score (nSPS) is 19.9. The van der Waals surface area contributed by atoms with Crippen molar-refractivity contribution in [2.24, 2.45) is 0 Å². The van der Waals surface area contributed by atoms with Crippen molar-refractivity contribution in [3.8, 4) is 5.75 Å². The molecule has 0 saturated carbocycles. The highest BCUT2D eigenvalue weighted by Crippen LogP contribution is 2.37. The molecule has 1 heterocycles. The summed E-state index contributed by atoms with van der Waals surface area (Å²) < 4.78 is 48.7. The molecule has 6 heteroatoms. The molecule has 1 aromatic rings. The van der Waals surface area contributed by atoms with E-state index in [-0.39, 0.29) is 17.5 Å². The van der Waals surface area contributed by atoms with Crippen molar-refractivity contribution in [1.29, 1.82) is 0 Å². The van der Waals surface area contributed by atoms with Gasteiger partial charge in [0.05, 0.1) is 25.3 Å². The largest absolute Gasteiger partial charge is 0.497 e. The predicted octanol–water partition coefficient (Wildman–Crippen LogP) is 2.91. The molecule has 0 aliphatic carbocycles. The summed E-state index contributed by atoms with van der Waals surface area (Å²) in [6.07, 6.45) is -3.69. The minimum Gasteiger partial charge on any atom is -0.497 e. The van der Waals surface area contributed by atoms with Crippen LogP contribution in [-0.4, -0.2) is 26.4 Å². The molecule has 0 aromatic heterocycles. The van der Waals surface area contributed by atoms with Crippen LogP contribution in [0, 0.1) is 0 Å². The van der Waals surface area contributed by atoms with Gasteiger partial charge in [0.15, 0.2) is 0 Å². The van der Waals surface area contributed by atoms with Gasteiger partial charge in [-0.05, 0) is 24.6 Å². The smallest absolute Gasteiger partial charge is 0.418 e. The molecule has 100 valence electrons. The molecule has 1 aliphatic rings. The molecule has 1 saturated heterocycles. The lowest BCUT2D eigenvalue weighted by Crippen LogP contribution is -2.21. The lowest BCUT2D eigenvalue weighted by atomic mass is 10.1. The van der Waals surface area contributed by atoms with Gasteiger partial charge in [-0.15, -0.1) is 0 Å². The lowest BCUT2D eigenvalue weighted by Gasteiger charge is -2.18. The van der Waals surface area contributed by atoms with Crippen molar-refractivity contribution >= 4 is 5.69 Å². The second kappa shape index (κ2) is 5.06. The van der Waals surface area contributed by atoms with Crippen LogP contribution in [0.25, 0.3) is 0 Å². The number of ether oxygens (including phenoxy) is 2. The number of hydrogen-bond donors (Lipinski definition) is 1. The second-order valence-corrected chi connectivity index (χ2v) is 4.11. The average molecular weight is 261 g/mol. The maximum absolute atomic E-state index is 12.9. The van der Waals surface area contributed by atoms with E-state index in [1.54, 1.807) is 0 Å². The van der Waals surface area contributed by atoms with Crippen molar-refractivity contribution in [2.45, 2.75) is 18.6 Å². The zero-order valence-electron chi connectivity index (χ0n) is 9.88. The standard InChI is InChI=1S/C12H14F3NO2/c1-17-9-2-3-11(10(6-9)12(13,14)15)16-8-4-5-18-7-8/h2-3,6,8,16H,4-5,7H2,1H3. The molecule has 0 bridgehead atoms. The molecule has 2 rings (SSSR count). The molecular weight excluding hydrogens is 247 g/mol. The Bertz CT molecular complexity index is 414. The number of nitrogens with one attached hydrogen (secondary N) is 1. The minimum atomic E-state index is -4.41. The van der Waals surface area contributed by atoms with Crippen LogP contribution in [0.1, 0.15) is 12.0 Å². The van der Waals surface area contributed by atoms with Crippen molar-refractivity contribution in [3.63, 3.8) is 0 Å². The first-order chi connectivity index (χ1) is 8.50. The minimum absolute atomic E-state index is 0.0683. The summed E-state index contributed by atoms with van der Waals surface area (Å²) in [6, 6.07) is 3.82. The highest BCUT2D eigenvalue weighted by atomic mass is 19.4. The average Bonchev–Trinajstić information content (AvgIpc) is 2.81. The number of halogens is 3. The Labute approximate surface area is 103 Å². The Kier molecular flexibility index (Phi) is 3.65. The van der Waals surface area contributed by atoms with Crippen LogP contribution in [-0.2, 0) is 10.9 Å². The second-order valence-electron chi connectivity index (χ2n) is 4.11. The third-order valence-electron chi connectivity index (χ3n) is 2.82. The van der Waals surface area contributed by atoms with E-state index < -0.39 is 11.7 Å². The summed E-state index contributed by atoms with van der Waals surface area (Å²) >= 11 is 0. The van der Waals surface area contributed by atoms with Gasteiger partial charge in [0, 0.05) is 12.3 Å². The van der Waals surface area contributed by atoms with Crippen molar-refractivity contribution in [2.75, 3.05) is 25.6 Å². The van der Waals surface area contributed by atoms with Gasteiger partial charge in [0.2, 0.25) is 0 Å². The third-order valence-corrected chi connectivity index (χ3v) is 2.82. The van der Waals surface area contributed by atoms with E-state index in [4.69, 9.17) is 9.47 Å². The lowest BCUT2D eigenvalue weighted by molar-refractivity contribution is -0.137. The van der Waals surface area contributed by atoms with E-state index in [0.717, 1.165) is 6.07 Å². The number of hydrogen-bond acceptors (Lipinski definition) is 3. The van der Waals surface area contributed by atoms with E-state index in [0.29, 0.717) is 19.6 Å². The maximum atomic E-state index is 12.9. The molecule has 1 N–H and O–H groups in total. The van der Waals surface area contributed by atoms with Gasteiger partial charge in [-0.25, -0.2) is 0 Å². The number of methoxy groups -OCH3 is 1. The quantitative estimate of drug-likeness (QED) is 0.907. The summed E-state index contributed by atoms with van der Waals surface area (Å²) in [5, 5.41) is 2.87. The van der Waals surface area contributed by atoms with E-state index in [1.165, 1.54) is 19.2 Å². The van der Waals surface area contributed by atoms with Gasteiger partial charge in [-0.2, -0.15) is 13.2 Å². The number of alkyl halides is 3. The van der Waals surface area contributed by atoms with Crippen LogP contribution >= 0.6 is 0 Å². The Morgan fingerprint density at radius 1 is 1.39 bits per heavy atom. The fraction of sp³-hybridized carbons (Fsp3) is 0.500. The highest BCUT2D eigenvalue weighted by Gasteiger charge is 2.34. The summed E-state index contributed by atoms with van der Waals surface area (Å²) in [7, 11) is 1.34. The van der Waals surface area contributed by atoms with Gasteiger partial charge < -0.3 is 14.8 Å². The maximum Gasteiger partial charge on any atom is 0.418 e. The summed E-state index contributed by atoms with van der Waals surface area (Å²) in [5.74, 6) is 0.190. The molecule has 1 unspecified atom stereocenters. The number of benzene rings is 1. The van der Waals surface area contributed by atoms with Crippen LogP contribution in [0.5, 0.6) is 5.75 Å². The van der Waals surface area contributed by atoms with E-state index in [1.807, 2.05) is 0 Å². The SMILES string of the molecule is COc1ccc(NC2CCOC2)c(C(F)(F)F)c1. The molecule has 1 aliphatic heterocycles. The molecule has 1 fully saturated rings. The third kappa shape index (κ3) is 2.87. The fourth-order valence-electron chi connectivity index (χ4n) is 1.88. The molecule has 0 spiro atoms. The molecule has 0 amide bonds. The Balaban J connectivity index is 2.27. The van der Waals surface area contributed by atoms with Gasteiger partial charge in [0.1, 0.15) is 5.75 Å². The molecule has 3 nitrogen and oxygen atoms in total. The fourth-order valence-corrected chi connectivity index (χ4v) is 1.88. The number of anilines is 1. The molecule has 1 aromatic carbocycles. The van der Waals surface area contributed by atoms with E-state index in [9.17, 15) is 13.2 Å². The van der Waals surface area contributed by atoms with Crippen molar-refractivity contribution < 1.29 is 22.6 Å². The first-order valence-corrected chi connectivity index (χ1v) is 5.60. The van der Waals surface area contributed by atoms with Crippen LogP contribution in [0.2, 0.25) is 0 Å². The molecule has 18 heavy (non-hydrogen) atoms. The van der Waals surface area contributed by atoms with Gasteiger partial charge in [-0.1, -0.05) is 0 Å². The predicted molar refractivity (Wildman–Crippen MR) is 60.8 cm³/mol. The van der Waals surface area contributed by atoms with Crippen LogP contribution in [0.4, 0.5) is 18.9 Å². The first kappa shape index (κ1) is 13.0. The summed E-state index contributed by atoms with van der Waals surface area (Å²) in [5.41, 5.74) is -0.646. The van der Waals surface area contributed by atoms with Gasteiger partial charge in [0.25, 0.3) is 0 Å². The van der Waals surface area contributed by atoms with Crippen molar-refractivity contribution in [1.82, 2.24) is 0 Å². The topological polar surface area (TPSA) is 30.5 Å². The van der Waals surface area contributed by atoms with Gasteiger partial charge >= 0.3 is 6.18 Å². The van der Waals surface area contributed by atoms with Crippen LogP contribution in [0.3, 0.4) is 0 Å². The number of rotatable bonds is 3. The van der Waals surface area contributed by atoms with E-state index >= 15 is 0 Å². The zero-order chi connectivity index (χ0) is 13.2. The Hall–Kier alpha value is -1.43. The Morgan fingerprint density at radius 3 is 2.72 bits per heavy atom. The zero-order valence-corrected chi connectivity index (χ0v) is 9.88. The van der Waals surface area contributed by atoms with Crippen LogP contribution < -0.4 is 10.1 Å². The monoisotopic (exact) mass is 261 g/mol.